The van der Waals surface area contributed by atoms with Gasteiger partial charge in [0.1, 0.15) is 14.2 Å². The number of nitrogens with one attached hydrogen (secondary N) is 1. The Bertz CT molecular complexity index is 2070. The van der Waals surface area contributed by atoms with Crippen LogP contribution in [0.2, 0.25) is 10.0 Å². The molecule has 1 N–H and O–H groups in total. The van der Waals surface area contributed by atoms with Gasteiger partial charge in [0.2, 0.25) is 5.91 Å². The van der Waals surface area contributed by atoms with Gasteiger partial charge in [0.15, 0.2) is 0 Å². The number of thiophene rings is 2. The first kappa shape index (κ1) is 34.4. The number of amides is 1. The lowest BCUT2D eigenvalue weighted by molar-refractivity contribution is -0.130. The summed E-state index contributed by atoms with van der Waals surface area (Å²) in [7, 11) is -2.16. The number of aryl methyl sites for hydroxylation is 2. The average molecular weight is 733 g/mol. The van der Waals surface area contributed by atoms with Gasteiger partial charge in [-0.05, 0) is 98.1 Å². The Labute approximate surface area is 279 Å². The third kappa shape index (κ3) is 7.85. The number of carbonyl (C=O) groups is 1. The molecule has 8 nitrogen and oxygen atoms in total. The Morgan fingerprint density at radius 2 is 1.36 bits per heavy atom. The van der Waals surface area contributed by atoms with Crippen LogP contribution in [-0.4, -0.2) is 45.7 Å². The molecule has 0 atom stereocenters. The van der Waals surface area contributed by atoms with E-state index in [-0.39, 0.29) is 26.6 Å². The predicted molar refractivity (Wildman–Crippen MR) is 183 cm³/mol. The number of halogens is 3. The lowest BCUT2D eigenvalue weighted by atomic mass is 10.2. The van der Waals surface area contributed by atoms with Gasteiger partial charge in [-0.3, -0.25) is 9.52 Å². The Balaban J connectivity index is 0.000000246. The fourth-order valence-corrected chi connectivity index (χ4v) is 10.3. The van der Waals surface area contributed by atoms with Gasteiger partial charge in [0, 0.05) is 43.2 Å². The minimum absolute atomic E-state index is 0.0419. The first-order valence-corrected chi connectivity index (χ1v) is 19.4. The van der Waals surface area contributed by atoms with Crippen LogP contribution < -0.4 is 4.72 Å². The second kappa shape index (κ2) is 13.9. The average Bonchev–Trinajstić information content (AvgIpc) is 3.46. The fourth-order valence-electron chi connectivity index (χ4n) is 4.49. The van der Waals surface area contributed by atoms with E-state index in [1.165, 1.54) is 11.3 Å². The lowest BCUT2D eigenvalue weighted by Gasteiger charge is -2.18. The highest BCUT2D eigenvalue weighted by atomic mass is 35.7. The molecule has 0 spiro atoms. The number of pyridine rings is 1. The molecule has 0 radical (unpaired) electrons. The Morgan fingerprint density at radius 1 is 0.841 bits per heavy atom. The number of nitrogens with zero attached hydrogens (tertiary/aromatic N) is 2. The zero-order chi connectivity index (χ0) is 32.4. The van der Waals surface area contributed by atoms with E-state index < -0.39 is 19.1 Å². The summed E-state index contributed by atoms with van der Waals surface area (Å²) in [6.45, 7) is 8.56. The molecular weight excluding hydrogens is 705 g/mol. The summed E-state index contributed by atoms with van der Waals surface area (Å²) < 4.78 is 53.1. The van der Waals surface area contributed by atoms with Crippen LogP contribution in [0.4, 0.5) is 5.82 Å². The van der Waals surface area contributed by atoms with E-state index in [0.29, 0.717) is 40.0 Å². The number of aromatic nitrogens is 1. The number of benzene rings is 2. The molecule has 1 amide bonds. The molecule has 44 heavy (non-hydrogen) atoms. The molecule has 5 aromatic rings. The predicted octanol–water partition coefficient (Wildman–Crippen LogP) is 8.26. The minimum Gasteiger partial charge on any atom is -0.343 e. The smallest absolute Gasteiger partial charge is 0.272 e. The van der Waals surface area contributed by atoms with Crippen LogP contribution >= 0.6 is 56.6 Å². The highest BCUT2D eigenvalue weighted by molar-refractivity contribution is 8.15. The normalized spacial score (nSPS) is 11.8. The van der Waals surface area contributed by atoms with Gasteiger partial charge in [-0.15, -0.1) is 22.7 Å². The van der Waals surface area contributed by atoms with Crippen LogP contribution in [0.25, 0.3) is 20.2 Å². The molecule has 0 aliphatic carbocycles. The minimum atomic E-state index is -3.82. The van der Waals surface area contributed by atoms with Crippen LogP contribution in [-0.2, 0) is 30.3 Å². The van der Waals surface area contributed by atoms with Gasteiger partial charge >= 0.3 is 0 Å². The summed E-state index contributed by atoms with van der Waals surface area (Å²) in [6, 6.07) is 15.5. The molecule has 0 aliphatic heterocycles. The van der Waals surface area contributed by atoms with Crippen molar-refractivity contribution in [1.29, 1.82) is 0 Å². The van der Waals surface area contributed by atoms with Crippen molar-refractivity contribution < 1.29 is 21.6 Å². The molecule has 0 unspecified atom stereocenters. The zero-order valence-corrected chi connectivity index (χ0v) is 29.6. The highest BCUT2D eigenvalue weighted by Gasteiger charge is 2.23. The molecule has 3 heterocycles. The van der Waals surface area contributed by atoms with Crippen molar-refractivity contribution in [2.45, 2.75) is 42.5 Å². The van der Waals surface area contributed by atoms with Gasteiger partial charge in [-0.1, -0.05) is 29.3 Å². The number of hydrogen-bond donors (Lipinski definition) is 1. The Hall–Kier alpha value is -2.45. The van der Waals surface area contributed by atoms with E-state index >= 15 is 0 Å². The monoisotopic (exact) mass is 731 g/mol. The van der Waals surface area contributed by atoms with Crippen molar-refractivity contribution in [3.05, 3.63) is 81.5 Å². The maximum Gasteiger partial charge on any atom is 0.272 e. The first-order chi connectivity index (χ1) is 20.6. The van der Waals surface area contributed by atoms with Gasteiger partial charge in [0.25, 0.3) is 19.1 Å². The van der Waals surface area contributed by atoms with Gasteiger partial charge in [-0.25, -0.2) is 21.8 Å². The molecule has 15 heteroatoms. The second-order valence-electron chi connectivity index (χ2n) is 9.61. The number of carbonyl (C=O) groups excluding carboxylic acids is 1. The largest absolute Gasteiger partial charge is 0.343 e. The van der Waals surface area contributed by atoms with Gasteiger partial charge < -0.3 is 4.90 Å². The summed E-state index contributed by atoms with van der Waals surface area (Å²) in [5.41, 5.74) is 1.82. The number of likely N-dealkylation sites (N-methyl/N-ethyl adjacent to an activating group) is 1. The van der Waals surface area contributed by atoms with E-state index in [1.807, 2.05) is 19.9 Å². The molecule has 5 rings (SSSR count). The topological polar surface area (TPSA) is 114 Å². The SMILES string of the molecule is CCN(CC)C(=O)Cc1cccc(NS(=O)(=O)c2sc3ccc(Cl)cc3c2C)n1.Cc1c(S(=O)(=O)Cl)sc2ccc(Cl)cc12. The highest BCUT2D eigenvalue weighted by Crippen LogP contribution is 2.37. The van der Waals surface area contributed by atoms with Crippen molar-refractivity contribution in [3.63, 3.8) is 0 Å². The maximum atomic E-state index is 13.0. The summed E-state index contributed by atoms with van der Waals surface area (Å²) in [5, 5.41) is 2.80. The van der Waals surface area contributed by atoms with E-state index in [2.05, 4.69) is 9.71 Å². The number of hydrogen-bond acceptors (Lipinski definition) is 8. The van der Waals surface area contributed by atoms with Crippen molar-refractivity contribution >= 4 is 108 Å². The summed E-state index contributed by atoms with van der Waals surface area (Å²) in [5.74, 6) is 0.143. The van der Waals surface area contributed by atoms with Crippen LogP contribution in [0, 0.1) is 13.8 Å². The van der Waals surface area contributed by atoms with Crippen molar-refractivity contribution in [2.75, 3.05) is 17.8 Å². The molecule has 0 fully saturated rings. The Morgan fingerprint density at radius 3 is 1.89 bits per heavy atom. The van der Waals surface area contributed by atoms with E-state index in [9.17, 15) is 21.6 Å². The van der Waals surface area contributed by atoms with Crippen molar-refractivity contribution in [3.8, 4) is 0 Å². The molecule has 0 aliphatic rings. The molecule has 3 aromatic heterocycles. The number of sulfonamides is 1. The molecule has 234 valence electrons. The van der Waals surface area contributed by atoms with Crippen LogP contribution in [0.5, 0.6) is 0 Å². The van der Waals surface area contributed by atoms with E-state index in [0.717, 1.165) is 31.5 Å². The van der Waals surface area contributed by atoms with Crippen LogP contribution in [0.1, 0.15) is 30.7 Å². The standard InChI is InChI=1S/C20H22ClN3O3S2.C9H6Cl2O2S2/c1-4-24(5-2)19(25)12-15-7-6-8-18(22-15)23-29(26,27)20-13(3)16-11-14(21)9-10-17(16)28-20;1-5-7-4-6(10)2-3-8(7)14-9(5)15(11,12)13/h6-11H,4-5,12H2,1-3H3,(H,22,23);2-4H,1H3. The summed E-state index contributed by atoms with van der Waals surface area (Å²) >= 11 is 14.2. The van der Waals surface area contributed by atoms with Gasteiger partial charge in [-0.2, -0.15) is 0 Å². The summed E-state index contributed by atoms with van der Waals surface area (Å²) in [6.07, 6.45) is 0.123. The second-order valence-corrected chi connectivity index (χ2v) is 17.2. The van der Waals surface area contributed by atoms with Crippen molar-refractivity contribution in [1.82, 2.24) is 9.88 Å². The summed E-state index contributed by atoms with van der Waals surface area (Å²) in [4.78, 5) is 18.3. The van der Waals surface area contributed by atoms with Crippen LogP contribution in [0.15, 0.2) is 63.0 Å². The lowest BCUT2D eigenvalue weighted by Crippen LogP contribution is -2.32. The third-order valence-corrected chi connectivity index (χ3v) is 13.8. The number of rotatable bonds is 8. The quantitative estimate of drug-likeness (QED) is 0.161. The molecule has 0 bridgehead atoms. The number of fused-ring (bicyclic) bond motifs is 2. The molecular formula is C29H28Cl3N3O5S4. The van der Waals surface area contributed by atoms with Crippen molar-refractivity contribution in [2.24, 2.45) is 0 Å². The zero-order valence-electron chi connectivity index (χ0n) is 24.0. The molecule has 2 aromatic carbocycles. The van der Waals surface area contributed by atoms with E-state index in [4.69, 9.17) is 33.9 Å². The third-order valence-electron chi connectivity index (χ3n) is 6.67. The molecule has 0 saturated carbocycles. The maximum absolute atomic E-state index is 13.0. The van der Waals surface area contributed by atoms with Crippen LogP contribution in [0.3, 0.4) is 0 Å². The van der Waals surface area contributed by atoms with Gasteiger partial charge in [0.05, 0.1) is 12.1 Å². The Kier molecular flexibility index (Phi) is 10.9. The molecule has 0 saturated heterocycles. The fraction of sp³-hybridized carbons (Fsp3) is 0.241. The first-order valence-electron chi connectivity index (χ1n) is 13.2. The van der Waals surface area contributed by atoms with E-state index in [1.54, 1.807) is 67.3 Å². The number of anilines is 1.